The summed E-state index contributed by atoms with van der Waals surface area (Å²) in [7, 11) is 0. The third kappa shape index (κ3) is 4.67. The molecule has 29 heavy (non-hydrogen) atoms. The van der Waals surface area contributed by atoms with E-state index in [-0.39, 0.29) is 24.6 Å². The fraction of sp³-hybridized carbons (Fsp3) is 0.182. The van der Waals surface area contributed by atoms with Crippen LogP contribution in [0, 0.1) is 0 Å². The molecule has 150 valence electrons. The van der Waals surface area contributed by atoms with Gasteiger partial charge in [0.15, 0.2) is 0 Å². The highest BCUT2D eigenvalue weighted by Crippen LogP contribution is 2.19. The minimum Gasteiger partial charge on any atom is -0.489 e. The molecule has 1 N–H and O–H groups in total. The number of nitrogens with zero attached hydrogens (tertiary/aromatic N) is 3. The van der Waals surface area contributed by atoms with Gasteiger partial charge in [0, 0.05) is 36.5 Å². The van der Waals surface area contributed by atoms with Gasteiger partial charge in [0.25, 0.3) is 5.56 Å². The van der Waals surface area contributed by atoms with Crippen molar-refractivity contribution in [2.75, 3.05) is 6.61 Å². The molecule has 2 heterocycles. The van der Waals surface area contributed by atoms with E-state index in [0.717, 1.165) is 22.2 Å². The van der Waals surface area contributed by atoms with Crippen molar-refractivity contribution in [3.05, 3.63) is 89.0 Å². The molecule has 4 aromatic rings. The summed E-state index contributed by atoms with van der Waals surface area (Å²) in [4.78, 5) is 12.6. The van der Waals surface area contributed by atoms with Crippen LogP contribution >= 0.6 is 12.4 Å². The van der Waals surface area contributed by atoms with Crippen molar-refractivity contribution in [3.8, 4) is 11.4 Å². The van der Waals surface area contributed by atoms with E-state index in [2.05, 4.69) is 5.10 Å². The van der Waals surface area contributed by atoms with Gasteiger partial charge in [-0.05, 0) is 36.2 Å². The van der Waals surface area contributed by atoms with Crippen molar-refractivity contribution >= 4 is 23.3 Å². The molecule has 0 aliphatic heterocycles. The van der Waals surface area contributed by atoms with Crippen LogP contribution in [0.25, 0.3) is 16.6 Å². The molecular formula is C22H22ClN3O3. The molecule has 0 amide bonds. The average Bonchev–Trinajstić information content (AvgIpc) is 3.13. The summed E-state index contributed by atoms with van der Waals surface area (Å²) in [5.41, 5.74) is 2.65. The Morgan fingerprint density at radius 2 is 1.86 bits per heavy atom. The molecule has 0 aliphatic carbocycles. The molecule has 0 aliphatic rings. The number of benzene rings is 2. The van der Waals surface area contributed by atoms with Crippen molar-refractivity contribution in [2.24, 2.45) is 0 Å². The van der Waals surface area contributed by atoms with Crippen LogP contribution in [-0.4, -0.2) is 26.1 Å². The van der Waals surface area contributed by atoms with E-state index >= 15 is 0 Å². The Bertz CT molecular complexity index is 1140. The van der Waals surface area contributed by atoms with Gasteiger partial charge in [0.05, 0.1) is 11.7 Å². The van der Waals surface area contributed by atoms with Gasteiger partial charge in [-0.2, -0.15) is 5.10 Å². The van der Waals surface area contributed by atoms with E-state index < -0.39 is 0 Å². The molecule has 2 aromatic carbocycles. The van der Waals surface area contributed by atoms with E-state index in [1.807, 2.05) is 53.2 Å². The third-order valence-electron chi connectivity index (χ3n) is 4.57. The van der Waals surface area contributed by atoms with Crippen LogP contribution in [0.3, 0.4) is 0 Å². The van der Waals surface area contributed by atoms with Crippen LogP contribution in [-0.2, 0) is 13.2 Å². The van der Waals surface area contributed by atoms with E-state index in [0.29, 0.717) is 25.3 Å². The molecule has 0 fully saturated rings. The van der Waals surface area contributed by atoms with Crippen molar-refractivity contribution < 1.29 is 9.84 Å². The van der Waals surface area contributed by atoms with Gasteiger partial charge < -0.3 is 9.84 Å². The smallest absolute Gasteiger partial charge is 0.258 e. The molecule has 0 saturated heterocycles. The van der Waals surface area contributed by atoms with Gasteiger partial charge in [-0.25, -0.2) is 0 Å². The predicted octanol–water partition coefficient (Wildman–Crippen LogP) is 3.57. The van der Waals surface area contributed by atoms with E-state index in [1.54, 1.807) is 23.0 Å². The minimum atomic E-state index is -0.155. The van der Waals surface area contributed by atoms with Crippen molar-refractivity contribution in [2.45, 2.75) is 19.6 Å². The molecule has 0 unspecified atom stereocenters. The summed E-state index contributed by atoms with van der Waals surface area (Å²) in [6, 6.07) is 18.9. The molecule has 4 rings (SSSR count). The number of aryl methyl sites for hydroxylation is 1. The lowest BCUT2D eigenvalue weighted by Crippen LogP contribution is -2.16. The van der Waals surface area contributed by atoms with E-state index in [9.17, 15) is 4.79 Å². The van der Waals surface area contributed by atoms with Crippen LogP contribution in [0.2, 0.25) is 0 Å². The second-order valence-electron chi connectivity index (χ2n) is 6.53. The van der Waals surface area contributed by atoms with Gasteiger partial charge in [-0.1, -0.05) is 30.3 Å². The zero-order valence-corrected chi connectivity index (χ0v) is 16.6. The Hall–Kier alpha value is -3.09. The largest absolute Gasteiger partial charge is 0.489 e. The Labute approximate surface area is 174 Å². The zero-order valence-electron chi connectivity index (χ0n) is 15.8. The minimum absolute atomic E-state index is 0. The number of hydrogen-bond donors (Lipinski definition) is 1. The maximum Gasteiger partial charge on any atom is 0.258 e. The van der Waals surface area contributed by atoms with Gasteiger partial charge in [0.1, 0.15) is 12.4 Å². The van der Waals surface area contributed by atoms with E-state index in [1.165, 1.54) is 6.07 Å². The first-order valence-corrected chi connectivity index (χ1v) is 9.21. The Kier molecular flexibility index (Phi) is 6.69. The van der Waals surface area contributed by atoms with Crippen molar-refractivity contribution in [1.29, 1.82) is 0 Å². The first kappa shape index (κ1) is 20.6. The Balaban J connectivity index is 0.00000240. The SMILES string of the molecule is Cl.O=c1cc(OCc2ccccc2)ccn1-c1ccc2c(cnn2CCCO)c1. The fourth-order valence-electron chi connectivity index (χ4n) is 3.13. The molecule has 0 spiro atoms. The second kappa shape index (κ2) is 9.41. The summed E-state index contributed by atoms with van der Waals surface area (Å²) in [5.74, 6) is 0.544. The molecule has 2 aromatic heterocycles. The highest BCUT2D eigenvalue weighted by Gasteiger charge is 2.07. The lowest BCUT2D eigenvalue weighted by atomic mass is 10.2. The summed E-state index contributed by atoms with van der Waals surface area (Å²) >= 11 is 0. The van der Waals surface area contributed by atoms with Crippen LogP contribution in [0.15, 0.2) is 77.9 Å². The molecular weight excluding hydrogens is 390 g/mol. The van der Waals surface area contributed by atoms with Gasteiger partial charge in [-0.3, -0.25) is 14.0 Å². The number of pyridine rings is 1. The summed E-state index contributed by atoms with van der Waals surface area (Å²) in [6.07, 6.45) is 4.15. The topological polar surface area (TPSA) is 69.3 Å². The number of aromatic nitrogens is 3. The lowest BCUT2D eigenvalue weighted by molar-refractivity contribution is 0.278. The number of ether oxygens (including phenoxy) is 1. The van der Waals surface area contributed by atoms with Crippen molar-refractivity contribution in [1.82, 2.24) is 14.3 Å². The second-order valence-corrected chi connectivity index (χ2v) is 6.53. The fourth-order valence-corrected chi connectivity index (χ4v) is 3.13. The first-order chi connectivity index (χ1) is 13.7. The maximum absolute atomic E-state index is 12.6. The molecule has 0 saturated carbocycles. The van der Waals surface area contributed by atoms with Crippen LogP contribution < -0.4 is 10.3 Å². The predicted molar refractivity (Wildman–Crippen MR) is 115 cm³/mol. The standard InChI is InChI=1S/C22H21N3O3.ClH/c26-12-4-10-25-21-8-7-19(13-18(21)15-23-25)24-11-9-20(14-22(24)27)28-16-17-5-2-1-3-6-17;/h1-3,5-9,11,13-15,26H,4,10,12,16H2;1H. The van der Waals surface area contributed by atoms with Gasteiger partial charge >= 0.3 is 0 Å². The number of aliphatic hydroxyl groups excluding tert-OH is 1. The summed E-state index contributed by atoms with van der Waals surface area (Å²) in [5, 5.41) is 14.3. The lowest BCUT2D eigenvalue weighted by Gasteiger charge is -2.09. The van der Waals surface area contributed by atoms with Crippen molar-refractivity contribution in [3.63, 3.8) is 0 Å². The van der Waals surface area contributed by atoms with Crippen LogP contribution in [0.1, 0.15) is 12.0 Å². The highest BCUT2D eigenvalue weighted by molar-refractivity contribution is 5.85. The molecule has 0 radical (unpaired) electrons. The number of aliphatic hydroxyl groups is 1. The maximum atomic E-state index is 12.6. The van der Waals surface area contributed by atoms with Crippen LogP contribution in [0.4, 0.5) is 0 Å². The molecule has 0 bridgehead atoms. The number of halogens is 1. The molecule has 6 nitrogen and oxygen atoms in total. The van der Waals surface area contributed by atoms with E-state index in [4.69, 9.17) is 9.84 Å². The monoisotopic (exact) mass is 411 g/mol. The normalized spacial score (nSPS) is 10.7. The molecule has 7 heteroatoms. The third-order valence-corrected chi connectivity index (χ3v) is 4.57. The first-order valence-electron chi connectivity index (χ1n) is 9.21. The quantitative estimate of drug-likeness (QED) is 0.504. The summed E-state index contributed by atoms with van der Waals surface area (Å²) in [6.45, 7) is 1.21. The highest BCUT2D eigenvalue weighted by atomic mass is 35.5. The Morgan fingerprint density at radius 3 is 2.62 bits per heavy atom. The van der Waals surface area contributed by atoms with Crippen LogP contribution in [0.5, 0.6) is 5.75 Å². The number of rotatable bonds is 7. The zero-order chi connectivity index (χ0) is 19.3. The Morgan fingerprint density at radius 1 is 1.03 bits per heavy atom. The number of fused-ring (bicyclic) bond motifs is 1. The van der Waals surface area contributed by atoms with Gasteiger partial charge in [0.2, 0.25) is 0 Å². The molecule has 0 atom stereocenters. The van der Waals surface area contributed by atoms with Gasteiger partial charge in [-0.15, -0.1) is 12.4 Å². The average molecular weight is 412 g/mol. The summed E-state index contributed by atoms with van der Waals surface area (Å²) < 4.78 is 9.17. The number of hydrogen-bond acceptors (Lipinski definition) is 4.